The van der Waals surface area contributed by atoms with E-state index in [1.54, 1.807) is 17.4 Å². The van der Waals surface area contributed by atoms with Gasteiger partial charge in [0.2, 0.25) is 5.65 Å². The highest BCUT2D eigenvalue weighted by atomic mass is 32.1. The Balaban J connectivity index is 1.65. The number of thiazole rings is 1. The quantitative estimate of drug-likeness (QED) is 0.541. The number of piperidine rings is 1. The predicted octanol–water partition coefficient (Wildman–Crippen LogP) is 2.48. The predicted molar refractivity (Wildman–Crippen MR) is 85.9 cm³/mol. The van der Waals surface area contributed by atoms with Crippen molar-refractivity contribution >= 4 is 28.6 Å². The lowest BCUT2D eigenvalue weighted by molar-refractivity contribution is -0.391. The van der Waals surface area contributed by atoms with Crippen molar-refractivity contribution in [3.8, 4) is 0 Å². The molecule has 0 unspecified atom stereocenters. The van der Waals surface area contributed by atoms with Crippen molar-refractivity contribution in [2.45, 2.75) is 18.8 Å². The molecule has 3 aromatic heterocycles. The van der Waals surface area contributed by atoms with E-state index >= 15 is 0 Å². The van der Waals surface area contributed by atoms with Crippen molar-refractivity contribution in [2.24, 2.45) is 0 Å². The van der Waals surface area contributed by atoms with E-state index in [1.807, 2.05) is 17.6 Å². The molecule has 0 aromatic carbocycles. The minimum atomic E-state index is -0.467. The van der Waals surface area contributed by atoms with Crippen LogP contribution in [-0.4, -0.2) is 37.6 Å². The van der Waals surface area contributed by atoms with Gasteiger partial charge in [-0.15, -0.1) is 11.3 Å². The number of aromatic nitrogens is 4. The van der Waals surface area contributed by atoms with Crippen molar-refractivity contribution in [3.63, 3.8) is 0 Å². The summed E-state index contributed by atoms with van der Waals surface area (Å²) >= 11 is 1.67. The molecule has 1 aliphatic rings. The number of anilines is 1. The highest BCUT2D eigenvalue weighted by molar-refractivity contribution is 7.09. The molecule has 1 atom stereocenters. The molecule has 0 N–H and O–H groups in total. The molecule has 3 aromatic rings. The van der Waals surface area contributed by atoms with Gasteiger partial charge < -0.3 is 15.0 Å². The van der Waals surface area contributed by atoms with E-state index < -0.39 is 4.92 Å². The lowest BCUT2D eigenvalue weighted by atomic mass is 9.99. The Bertz CT molecular complexity index is 846. The minimum absolute atomic E-state index is 0.115. The number of hydrogen-bond donors (Lipinski definition) is 0. The molecular formula is C14H14N6O2S. The van der Waals surface area contributed by atoms with Gasteiger partial charge in [-0.3, -0.25) is 0 Å². The van der Waals surface area contributed by atoms with Crippen molar-refractivity contribution in [1.82, 2.24) is 19.6 Å². The lowest BCUT2D eigenvalue weighted by Crippen LogP contribution is -2.35. The van der Waals surface area contributed by atoms with E-state index in [0.29, 0.717) is 11.6 Å². The van der Waals surface area contributed by atoms with Crippen LogP contribution in [0.3, 0.4) is 0 Å². The van der Waals surface area contributed by atoms with Crippen molar-refractivity contribution in [3.05, 3.63) is 45.0 Å². The van der Waals surface area contributed by atoms with Crippen LogP contribution in [0.25, 0.3) is 5.65 Å². The van der Waals surface area contributed by atoms with Crippen LogP contribution in [0.4, 0.5) is 11.6 Å². The highest BCUT2D eigenvalue weighted by Crippen LogP contribution is 2.30. The highest BCUT2D eigenvalue weighted by Gasteiger charge is 2.25. The third-order valence-electron chi connectivity index (χ3n) is 4.06. The first-order chi connectivity index (χ1) is 11.2. The van der Waals surface area contributed by atoms with Gasteiger partial charge in [-0.05, 0) is 23.8 Å². The average Bonchev–Trinajstić information content (AvgIpc) is 3.24. The molecule has 0 spiro atoms. The maximum atomic E-state index is 11.1. The Morgan fingerprint density at radius 1 is 1.35 bits per heavy atom. The smallest absolute Gasteiger partial charge is 0.358 e. The molecule has 9 heteroatoms. The van der Waals surface area contributed by atoms with Gasteiger partial charge >= 0.3 is 5.82 Å². The van der Waals surface area contributed by atoms with Crippen LogP contribution in [-0.2, 0) is 0 Å². The summed E-state index contributed by atoms with van der Waals surface area (Å²) in [4.78, 5) is 21.2. The van der Waals surface area contributed by atoms with Crippen molar-refractivity contribution < 1.29 is 4.92 Å². The van der Waals surface area contributed by atoms with E-state index in [2.05, 4.69) is 20.0 Å². The van der Waals surface area contributed by atoms with Gasteiger partial charge in [0.05, 0.1) is 5.01 Å². The second-order valence-electron chi connectivity index (χ2n) is 5.49. The molecule has 4 heterocycles. The van der Waals surface area contributed by atoms with Crippen LogP contribution in [0.15, 0.2) is 29.9 Å². The topological polar surface area (TPSA) is 89.5 Å². The van der Waals surface area contributed by atoms with Gasteiger partial charge in [0.1, 0.15) is 6.20 Å². The SMILES string of the molecule is O=[N+]([O-])c1cnc2ccc(N3CCC[C@@H](c4nccs4)C3)nn12. The maximum absolute atomic E-state index is 11.1. The summed E-state index contributed by atoms with van der Waals surface area (Å²) in [6.45, 7) is 1.72. The monoisotopic (exact) mass is 330 g/mol. The molecule has 23 heavy (non-hydrogen) atoms. The fraction of sp³-hybridized carbons (Fsp3) is 0.357. The van der Waals surface area contributed by atoms with Gasteiger partial charge in [-0.1, -0.05) is 9.61 Å². The summed E-state index contributed by atoms with van der Waals surface area (Å²) in [7, 11) is 0. The summed E-state index contributed by atoms with van der Waals surface area (Å²) in [5, 5.41) is 18.6. The van der Waals surface area contributed by atoms with Crippen LogP contribution >= 0.6 is 11.3 Å². The zero-order valence-corrected chi connectivity index (χ0v) is 13.0. The average molecular weight is 330 g/mol. The van der Waals surface area contributed by atoms with Crippen LogP contribution in [0.5, 0.6) is 0 Å². The van der Waals surface area contributed by atoms with Gasteiger partial charge in [-0.25, -0.2) is 9.97 Å². The Morgan fingerprint density at radius 3 is 3.04 bits per heavy atom. The molecule has 0 saturated carbocycles. The van der Waals surface area contributed by atoms with Gasteiger partial charge in [-0.2, -0.15) is 0 Å². The Labute approximate surface area is 135 Å². The summed E-state index contributed by atoms with van der Waals surface area (Å²) in [5.41, 5.74) is 0.480. The first kappa shape index (κ1) is 14.1. The number of nitrogens with zero attached hydrogens (tertiary/aromatic N) is 6. The maximum Gasteiger partial charge on any atom is 0.368 e. The molecule has 1 saturated heterocycles. The number of rotatable bonds is 3. The number of fused-ring (bicyclic) bond motifs is 1. The minimum Gasteiger partial charge on any atom is -0.358 e. The van der Waals surface area contributed by atoms with E-state index in [4.69, 9.17) is 0 Å². The van der Waals surface area contributed by atoms with Gasteiger partial charge in [0.15, 0.2) is 5.82 Å². The molecule has 0 bridgehead atoms. The zero-order valence-electron chi connectivity index (χ0n) is 12.2. The van der Waals surface area contributed by atoms with E-state index in [-0.39, 0.29) is 5.82 Å². The summed E-state index contributed by atoms with van der Waals surface area (Å²) in [5.74, 6) is 1.01. The molecule has 0 amide bonds. The second kappa shape index (κ2) is 5.58. The number of imidazole rings is 1. The van der Waals surface area contributed by atoms with Crippen molar-refractivity contribution in [2.75, 3.05) is 18.0 Å². The summed E-state index contributed by atoms with van der Waals surface area (Å²) in [6.07, 6.45) is 5.23. The molecule has 4 rings (SSSR count). The fourth-order valence-electron chi connectivity index (χ4n) is 2.97. The van der Waals surface area contributed by atoms with Crippen LogP contribution < -0.4 is 4.90 Å². The molecule has 0 aliphatic carbocycles. The first-order valence-corrected chi connectivity index (χ1v) is 8.24. The third-order valence-corrected chi connectivity index (χ3v) is 5.00. The van der Waals surface area contributed by atoms with Gasteiger partial charge in [0.25, 0.3) is 0 Å². The molecule has 118 valence electrons. The molecule has 0 radical (unpaired) electrons. The third kappa shape index (κ3) is 2.52. The Morgan fingerprint density at radius 2 is 2.26 bits per heavy atom. The zero-order chi connectivity index (χ0) is 15.8. The van der Waals surface area contributed by atoms with E-state index in [1.165, 1.54) is 10.7 Å². The molecular weight excluding hydrogens is 316 g/mol. The summed E-state index contributed by atoms with van der Waals surface area (Å²) in [6, 6.07) is 3.64. The van der Waals surface area contributed by atoms with Crippen LogP contribution in [0, 0.1) is 10.1 Å². The Kier molecular flexibility index (Phi) is 3.41. The largest absolute Gasteiger partial charge is 0.368 e. The first-order valence-electron chi connectivity index (χ1n) is 7.36. The van der Waals surface area contributed by atoms with E-state index in [0.717, 1.165) is 36.8 Å². The molecule has 8 nitrogen and oxygen atoms in total. The number of hydrogen-bond acceptors (Lipinski definition) is 7. The Hall–Kier alpha value is -2.55. The fourth-order valence-corrected chi connectivity index (χ4v) is 3.74. The second-order valence-corrected chi connectivity index (χ2v) is 6.42. The van der Waals surface area contributed by atoms with Crippen molar-refractivity contribution in [1.29, 1.82) is 0 Å². The van der Waals surface area contributed by atoms with Crippen LogP contribution in [0.1, 0.15) is 23.8 Å². The number of nitro groups is 1. The standard InChI is InChI=1S/C14H14N6O2S/c21-20(22)13-8-16-11-3-4-12(17-19(11)13)18-6-1-2-10(9-18)14-15-5-7-23-14/h3-5,7-8,10H,1-2,6,9H2/t10-/m1/s1. The lowest BCUT2D eigenvalue weighted by Gasteiger charge is -2.31. The molecule has 1 fully saturated rings. The normalized spacial score (nSPS) is 18.4. The van der Waals surface area contributed by atoms with Gasteiger partial charge in [0, 0.05) is 36.7 Å². The van der Waals surface area contributed by atoms with E-state index in [9.17, 15) is 10.1 Å². The summed E-state index contributed by atoms with van der Waals surface area (Å²) < 4.78 is 1.29. The van der Waals surface area contributed by atoms with Crippen LogP contribution in [0.2, 0.25) is 0 Å². The molecule has 1 aliphatic heterocycles.